The van der Waals surface area contributed by atoms with Crippen LogP contribution in [-0.2, 0) is 4.79 Å². The van der Waals surface area contributed by atoms with E-state index in [-0.39, 0.29) is 0 Å². The van der Waals surface area contributed by atoms with Crippen LogP contribution >= 0.6 is 0 Å². The fourth-order valence-electron chi connectivity index (χ4n) is 1.34. The van der Waals surface area contributed by atoms with Crippen molar-refractivity contribution in [3.8, 4) is 5.75 Å². The standard InChI is InChI=1S/C10H8F4O3/c11-7-3-5(1-2-8(7)15)6(4-9(16)17)10(12,13)14/h1-3,6,15H,4H2,(H,16,17). The van der Waals surface area contributed by atoms with Crippen LogP contribution < -0.4 is 0 Å². The summed E-state index contributed by atoms with van der Waals surface area (Å²) in [6.45, 7) is 0. The predicted molar refractivity (Wildman–Crippen MR) is 49.1 cm³/mol. The summed E-state index contributed by atoms with van der Waals surface area (Å²) >= 11 is 0. The van der Waals surface area contributed by atoms with Gasteiger partial charge in [0.15, 0.2) is 11.6 Å². The molecule has 2 N–H and O–H groups in total. The van der Waals surface area contributed by atoms with E-state index in [0.717, 1.165) is 12.1 Å². The molecule has 0 fully saturated rings. The number of aromatic hydroxyl groups is 1. The molecule has 17 heavy (non-hydrogen) atoms. The van der Waals surface area contributed by atoms with Gasteiger partial charge in [0.1, 0.15) is 0 Å². The lowest BCUT2D eigenvalue weighted by atomic mass is 9.95. The van der Waals surface area contributed by atoms with Gasteiger partial charge in [-0.3, -0.25) is 4.79 Å². The van der Waals surface area contributed by atoms with Crippen LogP contribution in [0.3, 0.4) is 0 Å². The van der Waals surface area contributed by atoms with E-state index in [4.69, 9.17) is 10.2 Å². The van der Waals surface area contributed by atoms with Crippen LogP contribution in [0, 0.1) is 5.82 Å². The number of alkyl halides is 3. The molecule has 3 nitrogen and oxygen atoms in total. The van der Waals surface area contributed by atoms with Gasteiger partial charge in [-0.2, -0.15) is 13.2 Å². The monoisotopic (exact) mass is 252 g/mol. The molecule has 1 atom stereocenters. The third kappa shape index (κ3) is 3.33. The Labute approximate surface area is 93.3 Å². The number of phenolic OH excluding ortho intramolecular Hbond substituents is 1. The van der Waals surface area contributed by atoms with E-state index in [1.807, 2.05) is 0 Å². The molecule has 1 rings (SSSR count). The lowest BCUT2D eigenvalue weighted by Gasteiger charge is -2.19. The van der Waals surface area contributed by atoms with Crippen molar-refractivity contribution in [2.45, 2.75) is 18.5 Å². The van der Waals surface area contributed by atoms with Crippen LogP contribution in [0.25, 0.3) is 0 Å². The van der Waals surface area contributed by atoms with E-state index in [0.29, 0.717) is 6.07 Å². The maximum absolute atomic E-state index is 12.9. The highest BCUT2D eigenvalue weighted by Gasteiger charge is 2.42. The lowest BCUT2D eigenvalue weighted by molar-refractivity contribution is -0.163. The fraction of sp³-hybridized carbons (Fsp3) is 0.300. The molecule has 0 aliphatic heterocycles. The lowest BCUT2D eigenvalue weighted by Crippen LogP contribution is -2.23. The topological polar surface area (TPSA) is 57.5 Å². The van der Waals surface area contributed by atoms with Gasteiger partial charge in [-0.1, -0.05) is 6.07 Å². The molecule has 0 aliphatic carbocycles. The number of benzene rings is 1. The Kier molecular flexibility index (Phi) is 3.59. The Morgan fingerprint density at radius 2 is 1.94 bits per heavy atom. The summed E-state index contributed by atoms with van der Waals surface area (Å²) in [7, 11) is 0. The molecule has 0 heterocycles. The molecule has 0 aliphatic rings. The van der Waals surface area contributed by atoms with E-state index in [9.17, 15) is 22.4 Å². The zero-order valence-corrected chi connectivity index (χ0v) is 8.33. The molecule has 0 saturated carbocycles. The Morgan fingerprint density at radius 3 is 2.35 bits per heavy atom. The van der Waals surface area contributed by atoms with Gasteiger partial charge in [-0.15, -0.1) is 0 Å². The molecular formula is C10H8F4O3. The average molecular weight is 252 g/mol. The summed E-state index contributed by atoms with van der Waals surface area (Å²) in [5.74, 6) is -5.94. The number of hydrogen-bond acceptors (Lipinski definition) is 2. The van der Waals surface area contributed by atoms with Gasteiger partial charge in [0.2, 0.25) is 0 Å². The van der Waals surface area contributed by atoms with Gasteiger partial charge < -0.3 is 10.2 Å². The summed E-state index contributed by atoms with van der Waals surface area (Å²) in [5.41, 5.74) is -0.532. The van der Waals surface area contributed by atoms with Crippen LogP contribution in [0.2, 0.25) is 0 Å². The maximum Gasteiger partial charge on any atom is 0.396 e. The minimum absolute atomic E-state index is 0.483. The quantitative estimate of drug-likeness (QED) is 0.813. The summed E-state index contributed by atoms with van der Waals surface area (Å²) in [6, 6.07) is 2.08. The molecule has 1 unspecified atom stereocenters. The van der Waals surface area contributed by atoms with Crippen molar-refractivity contribution in [3.63, 3.8) is 0 Å². The first kappa shape index (κ1) is 13.3. The predicted octanol–water partition coefficient (Wildman–Crippen LogP) is 2.65. The highest BCUT2D eigenvalue weighted by molar-refractivity contribution is 5.68. The van der Waals surface area contributed by atoms with Crippen LogP contribution in [0.5, 0.6) is 5.75 Å². The van der Waals surface area contributed by atoms with Gasteiger partial charge in [0.05, 0.1) is 12.3 Å². The molecule has 1 aromatic rings. The minimum Gasteiger partial charge on any atom is -0.505 e. The van der Waals surface area contributed by atoms with Crippen LogP contribution in [0.1, 0.15) is 17.9 Å². The zero-order valence-electron chi connectivity index (χ0n) is 8.33. The molecule has 0 aromatic heterocycles. The second kappa shape index (κ2) is 4.60. The normalized spacial score (nSPS) is 13.4. The largest absolute Gasteiger partial charge is 0.505 e. The molecule has 0 spiro atoms. The van der Waals surface area contributed by atoms with E-state index in [1.165, 1.54) is 0 Å². The molecule has 7 heteroatoms. The van der Waals surface area contributed by atoms with Crippen molar-refractivity contribution in [1.29, 1.82) is 0 Å². The third-order valence-electron chi connectivity index (χ3n) is 2.15. The van der Waals surface area contributed by atoms with E-state index in [2.05, 4.69) is 0 Å². The third-order valence-corrected chi connectivity index (χ3v) is 2.15. The fourth-order valence-corrected chi connectivity index (χ4v) is 1.34. The van der Waals surface area contributed by atoms with Crippen molar-refractivity contribution in [2.75, 3.05) is 0 Å². The number of carboxylic acid groups (broad SMARTS) is 1. The summed E-state index contributed by atoms with van der Waals surface area (Å²) in [4.78, 5) is 10.3. The second-order valence-corrected chi connectivity index (χ2v) is 3.40. The molecule has 94 valence electrons. The SMILES string of the molecule is O=C(O)CC(c1ccc(O)c(F)c1)C(F)(F)F. The van der Waals surface area contributed by atoms with Crippen molar-refractivity contribution in [3.05, 3.63) is 29.6 Å². The van der Waals surface area contributed by atoms with Gasteiger partial charge >= 0.3 is 12.1 Å². The number of phenols is 1. The molecule has 1 aromatic carbocycles. The van der Waals surface area contributed by atoms with E-state index < -0.39 is 41.6 Å². The molecular weight excluding hydrogens is 244 g/mol. The van der Waals surface area contributed by atoms with Crippen LogP contribution in [-0.4, -0.2) is 22.4 Å². The van der Waals surface area contributed by atoms with Crippen molar-refractivity contribution in [1.82, 2.24) is 0 Å². The number of aliphatic carboxylic acids is 1. The number of halogens is 4. The summed E-state index contributed by atoms with van der Waals surface area (Å²) in [5, 5.41) is 17.2. The smallest absolute Gasteiger partial charge is 0.396 e. The Hall–Kier alpha value is -1.79. The maximum atomic E-state index is 12.9. The molecule has 0 amide bonds. The summed E-state index contributed by atoms with van der Waals surface area (Å²) in [6.07, 6.45) is -5.98. The average Bonchev–Trinajstić information content (AvgIpc) is 2.17. The Balaban J connectivity index is 3.13. The molecule has 0 saturated heterocycles. The first-order valence-electron chi connectivity index (χ1n) is 4.48. The Morgan fingerprint density at radius 1 is 1.35 bits per heavy atom. The van der Waals surface area contributed by atoms with Crippen molar-refractivity contribution in [2.24, 2.45) is 0 Å². The van der Waals surface area contributed by atoms with Crippen molar-refractivity contribution < 1.29 is 32.6 Å². The highest BCUT2D eigenvalue weighted by atomic mass is 19.4. The minimum atomic E-state index is -4.79. The Bertz CT molecular complexity index is 428. The molecule has 0 bridgehead atoms. The van der Waals surface area contributed by atoms with Crippen LogP contribution in [0.15, 0.2) is 18.2 Å². The van der Waals surface area contributed by atoms with E-state index in [1.54, 1.807) is 0 Å². The van der Waals surface area contributed by atoms with Gasteiger partial charge in [0, 0.05) is 0 Å². The summed E-state index contributed by atoms with van der Waals surface area (Å²) < 4.78 is 50.6. The molecule has 0 radical (unpaired) electrons. The second-order valence-electron chi connectivity index (χ2n) is 3.40. The first-order chi connectivity index (χ1) is 7.71. The van der Waals surface area contributed by atoms with Gasteiger partial charge in [-0.05, 0) is 17.7 Å². The van der Waals surface area contributed by atoms with Crippen molar-refractivity contribution >= 4 is 5.97 Å². The number of rotatable bonds is 3. The highest BCUT2D eigenvalue weighted by Crippen LogP contribution is 2.38. The van der Waals surface area contributed by atoms with Gasteiger partial charge in [-0.25, -0.2) is 4.39 Å². The number of carboxylic acids is 1. The zero-order chi connectivity index (χ0) is 13.2. The number of carbonyl (C=O) groups is 1. The number of hydrogen-bond donors (Lipinski definition) is 2. The van der Waals surface area contributed by atoms with Gasteiger partial charge in [0.25, 0.3) is 0 Å². The van der Waals surface area contributed by atoms with Crippen LogP contribution in [0.4, 0.5) is 17.6 Å². The van der Waals surface area contributed by atoms with E-state index >= 15 is 0 Å². The first-order valence-corrected chi connectivity index (χ1v) is 4.48.